The highest BCUT2D eigenvalue weighted by molar-refractivity contribution is 7.05. The van der Waals surface area contributed by atoms with Gasteiger partial charge in [0.2, 0.25) is 5.91 Å². The lowest BCUT2D eigenvalue weighted by molar-refractivity contribution is -0.132. The molecule has 22 heavy (non-hydrogen) atoms. The standard InChI is InChI=1S/C15H23ClN2O3S/c1-11-8-17-22-14(11)10-18(15(19)7-16)9-13(20-2)12-3-5-21-6-4-12/h8,12-13H,3-7,9-10H2,1-2H3. The number of nitrogens with zero attached hydrogens (tertiary/aromatic N) is 2. The zero-order valence-corrected chi connectivity index (χ0v) is 14.7. The molecule has 0 aliphatic carbocycles. The van der Waals surface area contributed by atoms with Crippen molar-refractivity contribution in [2.45, 2.75) is 32.4 Å². The van der Waals surface area contributed by atoms with Gasteiger partial charge in [-0.1, -0.05) is 0 Å². The molecule has 124 valence electrons. The van der Waals surface area contributed by atoms with Crippen LogP contribution in [0.4, 0.5) is 0 Å². The van der Waals surface area contributed by atoms with Crippen LogP contribution in [0.25, 0.3) is 0 Å². The fraction of sp³-hybridized carbons (Fsp3) is 0.733. The largest absolute Gasteiger partial charge is 0.381 e. The quantitative estimate of drug-likeness (QED) is 0.712. The lowest BCUT2D eigenvalue weighted by Gasteiger charge is -2.33. The first-order valence-electron chi connectivity index (χ1n) is 7.50. The van der Waals surface area contributed by atoms with E-state index in [0.717, 1.165) is 36.5 Å². The monoisotopic (exact) mass is 346 g/mol. The summed E-state index contributed by atoms with van der Waals surface area (Å²) in [5.74, 6) is 0.345. The molecule has 2 rings (SSSR count). The molecular formula is C15H23ClN2O3S. The molecule has 1 aliphatic rings. The van der Waals surface area contributed by atoms with Crippen molar-refractivity contribution in [3.8, 4) is 0 Å². The van der Waals surface area contributed by atoms with Gasteiger partial charge in [-0.2, -0.15) is 0 Å². The summed E-state index contributed by atoms with van der Waals surface area (Å²) < 4.78 is 15.2. The number of amides is 1. The maximum Gasteiger partial charge on any atom is 0.237 e. The van der Waals surface area contributed by atoms with Gasteiger partial charge < -0.3 is 14.4 Å². The molecule has 0 saturated carbocycles. The molecule has 7 heteroatoms. The summed E-state index contributed by atoms with van der Waals surface area (Å²) in [6.07, 6.45) is 3.79. The Balaban J connectivity index is 2.04. The molecule has 2 heterocycles. The van der Waals surface area contributed by atoms with Crippen LogP contribution >= 0.6 is 23.1 Å². The third kappa shape index (κ3) is 4.65. The lowest BCUT2D eigenvalue weighted by atomic mass is 9.93. The second kappa shape index (κ2) is 8.82. The van der Waals surface area contributed by atoms with Gasteiger partial charge >= 0.3 is 0 Å². The van der Waals surface area contributed by atoms with Crippen LogP contribution < -0.4 is 0 Å². The molecule has 0 bridgehead atoms. The first kappa shape index (κ1) is 17.7. The average Bonchev–Trinajstić information content (AvgIpc) is 2.96. The van der Waals surface area contributed by atoms with Gasteiger partial charge in [0.05, 0.1) is 12.6 Å². The van der Waals surface area contributed by atoms with Crippen LogP contribution in [-0.4, -0.2) is 54.0 Å². The fourth-order valence-corrected chi connectivity index (χ4v) is 3.62. The normalized spacial score (nSPS) is 17.4. The molecule has 0 radical (unpaired) electrons. The van der Waals surface area contributed by atoms with E-state index >= 15 is 0 Å². The molecule has 1 aromatic rings. The summed E-state index contributed by atoms with van der Waals surface area (Å²) in [4.78, 5) is 15.1. The molecule has 1 unspecified atom stereocenters. The van der Waals surface area contributed by atoms with Gasteiger partial charge in [-0.3, -0.25) is 4.79 Å². The second-order valence-electron chi connectivity index (χ2n) is 5.56. The van der Waals surface area contributed by atoms with Crippen molar-refractivity contribution in [1.82, 2.24) is 9.27 Å². The van der Waals surface area contributed by atoms with Gasteiger partial charge in [-0.05, 0) is 42.8 Å². The van der Waals surface area contributed by atoms with Crippen molar-refractivity contribution >= 4 is 29.0 Å². The third-order valence-corrected chi connectivity index (χ3v) is 5.26. The predicted octanol–water partition coefficient (Wildman–Crippen LogP) is 2.46. The van der Waals surface area contributed by atoms with Gasteiger partial charge in [0, 0.05) is 37.9 Å². The van der Waals surface area contributed by atoms with Crippen LogP contribution in [0, 0.1) is 12.8 Å². The van der Waals surface area contributed by atoms with Crippen LogP contribution in [0.2, 0.25) is 0 Å². The van der Waals surface area contributed by atoms with Crippen molar-refractivity contribution in [3.63, 3.8) is 0 Å². The minimum absolute atomic E-state index is 0.0118. The summed E-state index contributed by atoms with van der Waals surface area (Å²) in [7, 11) is 1.71. The van der Waals surface area contributed by atoms with Gasteiger partial charge in [0.1, 0.15) is 5.88 Å². The summed E-state index contributed by atoms with van der Waals surface area (Å²) >= 11 is 7.20. The summed E-state index contributed by atoms with van der Waals surface area (Å²) in [6.45, 7) is 4.65. The van der Waals surface area contributed by atoms with Crippen molar-refractivity contribution in [1.29, 1.82) is 0 Å². The minimum atomic E-state index is -0.0661. The number of carbonyl (C=O) groups is 1. The lowest BCUT2D eigenvalue weighted by Crippen LogP contribution is -2.42. The van der Waals surface area contributed by atoms with Crippen LogP contribution in [0.5, 0.6) is 0 Å². The molecule has 0 aromatic carbocycles. The molecule has 1 atom stereocenters. The van der Waals surface area contributed by atoms with E-state index in [9.17, 15) is 4.79 Å². The Hall–Kier alpha value is -0.690. The number of carbonyl (C=O) groups excluding carboxylic acids is 1. The number of aromatic nitrogens is 1. The van der Waals surface area contributed by atoms with Gasteiger partial charge in [0.15, 0.2) is 0 Å². The number of halogens is 1. The van der Waals surface area contributed by atoms with E-state index in [4.69, 9.17) is 21.1 Å². The Morgan fingerprint density at radius 3 is 2.86 bits per heavy atom. The Labute approximate surface area is 140 Å². The van der Waals surface area contributed by atoms with Crippen molar-refractivity contribution < 1.29 is 14.3 Å². The highest BCUT2D eigenvalue weighted by atomic mass is 35.5. The highest BCUT2D eigenvalue weighted by Gasteiger charge is 2.28. The van der Waals surface area contributed by atoms with Gasteiger partial charge in [-0.25, -0.2) is 4.37 Å². The second-order valence-corrected chi connectivity index (χ2v) is 6.72. The molecule has 1 aliphatic heterocycles. The molecule has 1 aromatic heterocycles. The third-order valence-electron chi connectivity index (χ3n) is 4.15. The van der Waals surface area contributed by atoms with Crippen LogP contribution in [-0.2, 0) is 20.8 Å². The Bertz CT molecular complexity index is 477. The number of hydrogen-bond donors (Lipinski definition) is 0. The molecule has 1 fully saturated rings. The van der Waals surface area contributed by atoms with Crippen LogP contribution in [0.15, 0.2) is 6.20 Å². The smallest absolute Gasteiger partial charge is 0.237 e. The molecular weight excluding hydrogens is 324 g/mol. The summed E-state index contributed by atoms with van der Waals surface area (Å²) in [5.41, 5.74) is 1.11. The molecule has 5 nitrogen and oxygen atoms in total. The van der Waals surface area contributed by atoms with E-state index < -0.39 is 0 Å². The molecule has 0 N–H and O–H groups in total. The maximum atomic E-state index is 12.2. The number of alkyl halides is 1. The van der Waals surface area contributed by atoms with E-state index in [0.29, 0.717) is 19.0 Å². The van der Waals surface area contributed by atoms with Gasteiger partial charge in [0.25, 0.3) is 0 Å². The van der Waals surface area contributed by atoms with E-state index in [1.54, 1.807) is 12.0 Å². The maximum absolute atomic E-state index is 12.2. The van der Waals surface area contributed by atoms with E-state index in [2.05, 4.69) is 4.37 Å². The predicted molar refractivity (Wildman–Crippen MR) is 87.3 cm³/mol. The zero-order valence-electron chi connectivity index (χ0n) is 13.1. The highest BCUT2D eigenvalue weighted by Crippen LogP contribution is 2.23. The van der Waals surface area contributed by atoms with E-state index in [1.807, 2.05) is 13.1 Å². The van der Waals surface area contributed by atoms with E-state index in [1.165, 1.54) is 11.5 Å². The van der Waals surface area contributed by atoms with Gasteiger partial charge in [-0.15, -0.1) is 11.6 Å². The SMILES string of the molecule is COC(CN(Cc1sncc1C)C(=O)CCl)C1CCOCC1. The molecule has 1 saturated heterocycles. The number of ether oxygens (including phenoxy) is 2. The minimum Gasteiger partial charge on any atom is -0.381 e. The topological polar surface area (TPSA) is 51.7 Å². The van der Waals surface area contributed by atoms with Crippen LogP contribution in [0.3, 0.4) is 0 Å². The first-order chi connectivity index (χ1) is 10.7. The van der Waals surface area contributed by atoms with Crippen molar-refractivity contribution in [2.24, 2.45) is 5.92 Å². The van der Waals surface area contributed by atoms with E-state index in [-0.39, 0.29) is 17.9 Å². The average molecular weight is 347 g/mol. The number of methoxy groups -OCH3 is 1. The Morgan fingerprint density at radius 2 is 2.32 bits per heavy atom. The fourth-order valence-electron chi connectivity index (χ4n) is 2.70. The van der Waals surface area contributed by atoms with Crippen molar-refractivity contribution in [3.05, 3.63) is 16.6 Å². The Kier molecular flexibility index (Phi) is 7.08. The molecule has 1 amide bonds. The summed E-state index contributed by atoms with van der Waals surface area (Å²) in [5, 5.41) is 0. The molecule has 0 spiro atoms. The number of aryl methyl sites for hydroxylation is 1. The van der Waals surface area contributed by atoms with Crippen LogP contribution in [0.1, 0.15) is 23.3 Å². The number of rotatable bonds is 7. The number of hydrogen-bond acceptors (Lipinski definition) is 5. The Morgan fingerprint density at radius 1 is 1.59 bits per heavy atom. The zero-order chi connectivity index (χ0) is 15.9. The first-order valence-corrected chi connectivity index (χ1v) is 8.81. The van der Waals surface area contributed by atoms with Crippen molar-refractivity contribution in [2.75, 3.05) is 32.7 Å². The summed E-state index contributed by atoms with van der Waals surface area (Å²) in [6, 6.07) is 0.